The number of benzene rings is 1. The van der Waals surface area contributed by atoms with E-state index in [-0.39, 0.29) is 35.5 Å². The fraction of sp³-hybridized carbons (Fsp3) is 0.353. The zero-order chi connectivity index (χ0) is 17.0. The number of ether oxygens (including phenoxy) is 1. The highest BCUT2D eigenvalue weighted by atomic mass is 79.9. The number of methoxy groups -OCH3 is 1. The lowest BCUT2D eigenvalue weighted by Crippen LogP contribution is -2.28. The van der Waals surface area contributed by atoms with Crippen LogP contribution in [0.15, 0.2) is 38.3 Å². The predicted molar refractivity (Wildman–Crippen MR) is 95.6 cm³/mol. The minimum atomic E-state index is -0.223. The molecule has 1 aromatic rings. The first-order chi connectivity index (χ1) is 11.5. The van der Waals surface area contributed by atoms with Gasteiger partial charge in [-0.15, -0.1) is 0 Å². The predicted octanol–water partition coefficient (Wildman–Crippen LogP) is 3.36. The summed E-state index contributed by atoms with van der Waals surface area (Å²) in [5, 5.41) is 5.22. The van der Waals surface area contributed by atoms with Crippen molar-refractivity contribution < 1.29 is 14.3 Å². The molecule has 2 amide bonds. The van der Waals surface area contributed by atoms with Gasteiger partial charge in [0.25, 0.3) is 11.8 Å². The van der Waals surface area contributed by atoms with E-state index in [1.54, 1.807) is 7.11 Å². The van der Waals surface area contributed by atoms with Gasteiger partial charge in [-0.1, -0.05) is 12.2 Å². The summed E-state index contributed by atoms with van der Waals surface area (Å²) in [6.07, 6.45) is 6.59. The Morgan fingerprint density at radius 2 is 1.67 bits per heavy atom. The second kappa shape index (κ2) is 5.81. The van der Waals surface area contributed by atoms with E-state index in [1.807, 2.05) is 12.1 Å². The fourth-order valence-electron chi connectivity index (χ4n) is 3.97. The van der Waals surface area contributed by atoms with Crippen LogP contribution in [0.5, 0.6) is 5.75 Å². The Balaban J connectivity index is 1.59. The highest BCUT2D eigenvalue weighted by Gasteiger charge is 2.59. The van der Waals surface area contributed by atoms with E-state index < -0.39 is 0 Å². The lowest BCUT2D eigenvalue weighted by molar-refractivity contribution is -0.140. The molecule has 5 nitrogen and oxygen atoms in total. The molecule has 4 atom stereocenters. The van der Waals surface area contributed by atoms with Crippen molar-refractivity contribution in [2.24, 2.45) is 28.8 Å². The van der Waals surface area contributed by atoms with Crippen LogP contribution >= 0.6 is 31.9 Å². The van der Waals surface area contributed by atoms with Gasteiger partial charge in [0.15, 0.2) is 0 Å². The number of rotatable bonds is 3. The summed E-state index contributed by atoms with van der Waals surface area (Å²) in [7, 11) is 1.58. The molecule has 1 aromatic carbocycles. The van der Waals surface area contributed by atoms with Crippen LogP contribution in [0, 0.1) is 23.7 Å². The maximum Gasteiger partial charge on any atom is 0.254 e. The molecule has 0 radical (unpaired) electrons. The summed E-state index contributed by atoms with van der Waals surface area (Å²) in [5.41, 5.74) is 0.758. The monoisotopic (exact) mass is 452 g/mol. The third-order valence-electron chi connectivity index (χ3n) is 4.99. The van der Waals surface area contributed by atoms with Crippen molar-refractivity contribution in [2.75, 3.05) is 7.11 Å². The molecule has 1 heterocycles. The van der Waals surface area contributed by atoms with Gasteiger partial charge in [-0.25, -0.2) is 0 Å². The van der Waals surface area contributed by atoms with Crippen molar-refractivity contribution in [3.05, 3.63) is 38.8 Å². The van der Waals surface area contributed by atoms with E-state index >= 15 is 0 Å². The number of halogens is 2. The number of nitrogens with zero attached hydrogens (tertiary/aromatic N) is 2. The first-order valence-electron chi connectivity index (χ1n) is 7.64. The number of hydrogen-bond acceptors (Lipinski definition) is 4. The lowest BCUT2D eigenvalue weighted by atomic mass is 9.85. The highest BCUT2D eigenvalue weighted by Crippen LogP contribution is 2.52. The van der Waals surface area contributed by atoms with E-state index in [1.165, 1.54) is 6.21 Å². The molecule has 1 saturated heterocycles. The van der Waals surface area contributed by atoms with E-state index in [0.717, 1.165) is 25.9 Å². The quantitative estimate of drug-likeness (QED) is 0.400. The van der Waals surface area contributed by atoms with Crippen LogP contribution in [-0.2, 0) is 9.59 Å². The number of imide groups is 1. The molecule has 3 aliphatic rings. The van der Waals surface area contributed by atoms with Crippen molar-refractivity contribution >= 4 is 49.9 Å². The first kappa shape index (κ1) is 16.0. The van der Waals surface area contributed by atoms with Gasteiger partial charge in [0.2, 0.25) is 0 Å². The van der Waals surface area contributed by atoms with Crippen molar-refractivity contribution in [3.63, 3.8) is 0 Å². The molecule has 4 rings (SSSR count). The number of allylic oxidation sites excluding steroid dienone is 2. The van der Waals surface area contributed by atoms with Gasteiger partial charge >= 0.3 is 0 Å². The Hall–Kier alpha value is -1.47. The number of hydrogen-bond donors (Lipinski definition) is 0. The van der Waals surface area contributed by atoms with E-state index in [9.17, 15) is 9.59 Å². The Kier molecular flexibility index (Phi) is 3.88. The van der Waals surface area contributed by atoms with Crippen LogP contribution in [0.2, 0.25) is 0 Å². The topological polar surface area (TPSA) is 59.0 Å². The zero-order valence-electron chi connectivity index (χ0n) is 12.8. The fourth-order valence-corrected chi connectivity index (χ4v) is 5.52. The van der Waals surface area contributed by atoms with Gasteiger partial charge in [-0.2, -0.15) is 10.1 Å². The van der Waals surface area contributed by atoms with E-state index in [2.05, 4.69) is 49.1 Å². The van der Waals surface area contributed by atoms with Crippen LogP contribution in [-0.4, -0.2) is 30.1 Å². The summed E-state index contributed by atoms with van der Waals surface area (Å²) in [6, 6.07) is 3.65. The Morgan fingerprint density at radius 3 is 2.17 bits per heavy atom. The van der Waals surface area contributed by atoms with E-state index in [4.69, 9.17) is 4.74 Å². The third kappa shape index (κ3) is 2.29. The summed E-state index contributed by atoms with van der Waals surface area (Å²) in [5.74, 6) is 0.270. The average Bonchev–Trinajstić information content (AvgIpc) is 3.20. The zero-order valence-corrected chi connectivity index (χ0v) is 16.0. The van der Waals surface area contributed by atoms with Gasteiger partial charge in [-0.3, -0.25) is 9.59 Å². The van der Waals surface area contributed by atoms with Gasteiger partial charge in [0.05, 0.1) is 34.1 Å². The second-order valence-corrected chi connectivity index (χ2v) is 7.96. The van der Waals surface area contributed by atoms with Gasteiger partial charge in [0.1, 0.15) is 5.75 Å². The molecule has 0 spiro atoms. The van der Waals surface area contributed by atoms with Crippen molar-refractivity contribution in [2.45, 2.75) is 6.42 Å². The SMILES string of the molecule is COc1c(Br)cc(C=NN2C(=O)C3C4C=CC(C4)C3C2=O)cc1Br. The first-order valence-corrected chi connectivity index (χ1v) is 9.23. The molecule has 0 N–H and O–H groups in total. The van der Waals surface area contributed by atoms with Crippen molar-refractivity contribution in [1.29, 1.82) is 0 Å². The number of carbonyl (C=O) groups excluding carboxylic acids is 2. The summed E-state index contributed by atoms with van der Waals surface area (Å²) in [4.78, 5) is 25.1. The average molecular weight is 454 g/mol. The van der Waals surface area contributed by atoms with Crippen LogP contribution < -0.4 is 4.74 Å². The van der Waals surface area contributed by atoms with Crippen LogP contribution in [0.25, 0.3) is 0 Å². The minimum Gasteiger partial charge on any atom is -0.494 e. The standard InChI is InChI=1S/C17H14Br2N2O3/c1-24-15-11(18)4-8(5-12(15)19)7-20-21-16(22)13-9-2-3-10(6-9)14(13)17(21)23/h2-5,7,9-10,13-14H,6H2,1H3. The molecule has 0 aromatic heterocycles. The summed E-state index contributed by atoms with van der Waals surface area (Å²) < 4.78 is 6.79. The van der Waals surface area contributed by atoms with Gasteiger partial charge in [-0.05, 0) is 67.8 Å². The highest BCUT2D eigenvalue weighted by molar-refractivity contribution is 9.11. The van der Waals surface area contributed by atoms with Crippen molar-refractivity contribution in [3.8, 4) is 5.75 Å². The normalized spacial score (nSPS) is 30.7. The molecule has 1 saturated carbocycles. The number of amides is 2. The number of hydrazone groups is 1. The largest absolute Gasteiger partial charge is 0.494 e. The summed E-state index contributed by atoms with van der Waals surface area (Å²) >= 11 is 6.85. The van der Waals surface area contributed by atoms with Crippen molar-refractivity contribution in [1.82, 2.24) is 5.01 Å². The molecule has 7 heteroatoms. The van der Waals surface area contributed by atoms with Crippen LogP contribution in [0.4, 0.5) is 0 Å². The molecule has 2 bridgehead atoms. The number of carbonyl (C=O) groups is 2. The van der Waals surface area contributed by atoms with E-state index in [0.29, 0.717) is 5.75 Å². The minimum absolute atomic E-state index is 0.176. The smallest absolute Gasteiger partial charge is 0.254 e. The van der Waals surface area contributed by atoms with Gasteiger partial charge < -0.3 is 4.74 Å². The molecule has 24 heavy (non-hydrogen) atoms. The molecule has 124 valence electrons. The Bertz CT molecular complexity index is 752. The van der Waals surface area contributed by atoms with Gasteiger partial charge in [0, 0.05) is 0 Å². The molecule has 4 unspecified atom stereocenters. The molecular formula is C17H14Br2N2O3. The maximum absolute atomic E-state index is 12.6. The lowest BCUT2D eigenvalue weighted by Gasteiger charge is -2.13. The molecule has 1 aliphatic heterocycles. The number of fused-ring (bicyclic) bond motifs is 5. The van der Waals surface area contributed by atoms with Crippen LogP contribution in [0.3, 0.4) is 0 Å². The summed E-state index contributed by atoms with van der Waals surface area (Å²) in [6.45, 7) is 0. The maximum atomic E-state index is 12.6. The Labute approximate surface area is 156 Å². The Morgan fingerprint density at radius 1 is 1.12 bits per heavy atom. The van der Waals surface area contributed by atoms with Crippen LogP contribution in [0.1, 0.15) is 12.0 Å². The second-order valence-electron chi connectivity index (χ2n) is 6.25. The molecule has 2 fully saturated rings. The third-order valence-corrected chi connectivity index (χ3v) is 6.17. The molecular weight excluding hydrogens is 440 g/mol. The molecule has 2 aliphatic carbocycles.